The van der Waals surface area contributed by atoms with E-state index in [0.29, 0.717) is 21.8 Å². The van der Waals surface area contributed by atoms with Crippen LogP contribution in [0.1, 0.15) is 42.1 Å². The molecule has 5 rings (SSSR count). The number of rotatable bonds is 4. The van der Waals surface area contributed by atoms with E-state index in [2.05, 4.69) is 41.9 Å². The first kappa shape index (κ1) is 42.3. The number of benzene rings is 5. The summed E-state index contributed by atoms with van der Waals surface area (Å²) in [6.07, 6.45) is 1.18. The van der Waals surface area contributed by atoms with Crippen LogP contribution in [0.3, 0.4) is 0 Å². The molecule has 10 nitrogen and oxygen atoms in total. The molecule has 0 aliphatic rings. The molecule has 50 heavy (non-hydrogen) atoms. The van der Waals surface area contributed by atoms with Gasteiger partial charge in [0.05, 0.1) is 24.2 Å². The van der Waals surface area contributed by atoms with Gasteiger partial charge in [-0.05, 0) is 84.6 Å². The summed E-state index contributed by atoms with van der Waals surface area (Å²) in [6.45, 7) is 4.42. The summed E-state index contributed by atoms with van der Waals surface area (Å²) in [5.74, 6) is -2.67. The third-order valence-corrected chi connectivity index (χ3v) is 7.06. The molecule has 0 aliphatic heterocycles. The van der Waals surface area contributed by atoms with Gasteiger partial charge in [-0.2, -0.15) is 0 Å². The number of hydrogen-bond donors (Lipinski definition) is 8. The Kier molecular flexibility index (Phi) is 18.0. The van der Waals surface area contributed by atoms with E-state index in [9.17, 15) is 18.0 Å². The Morgan fingerprint density at radius 1 is 0.760 bits per heavy atom. The van der Waals surface area contributed by atoms with E-state index in [4.69, 9.17) is 48.7 Å². The Morgan fingerprint density at radius 2 is 1.34 bits per heavy atom. The predicted octanol–water partition coefficient (Wildman–Crippen LogP) is 8.16. The highest BCUT2D eigenvalue weighted by molar-refractivity contribution is 9.10. The zero-order chi connectivity index (χ0) is 38.0. The lowest BCUT2D eigenvalue weighted by Crippen LogP contribution is -1.98. The minimum Gasteiger partial charge on any atom is -0.505 e. The van der Waals surface area contributed by atoms with Gasteiger partial charge in [0.25, 0.3) is 0 Å². The second-order valence-electron chi connectivity index (χ2n) is 10.3. The third-order valence-electron chi connectivity index (χ3n) is 6.56. The van der Waals surface area contributed by atoms with E-state index in [0.717, 1.165) is 11.8 Å². The van der Waals surface area contributed by atoms with Crippen LogP contribution in [-0.2, 0) is 0 Å². The van der Waals surface area contributed by atoms with E-state index < -0.39 is 17.6 Å². The number of nitrogen functional groups attached to an aromatic ring is 5. The van der Waals surface area contributed by atoms with E-state index >= 15 is 0 Å². The Hall–Kier alpha value is -5.76. The molecule has 1 atom stereocenters. The molecular formula is C36H41BrF3N5O5. The average Bonchev–Trinajstić information content (AvgIpc) is 3.08. The van der Waals surface area contributed by atoms with Gasteiger partial charge >= 0.3 is 5.97 Å². The molecule has 0 spiro atoms. The monoisotopic (exact) mass is 759 g/mol. The van der Waals surface area contributed by atoms with Gasteiger partial charge in [0.15, 0.2) is 28.9 Å². The van der Waals surface area contributed by atoms with Gasteiger partial charge in [-0.1, -0.05) is 54.0 Å². The second-order valence-corrected chi connectivity index (χ2v) is 11.2. The number of carbonyl (C=O) groups is 1. The molecule has 268 valence electrons. The Labute approximate surface area is 297 Å². The Morgan fingerprint density at radius 3 is 1.80 bits per heavy atom. The maximum absolute atomic E-state index is 12.4. The van der Waals surface area contributed by atoms with Crippen LogP contribution in [0.4, 0.5) is 41.6 Å². The molecule has 5 aromatic rings. The van der Waals surface area contributed by atoms with Crippen LogP contribution in [0.5, 0.6) is 17.2 Å². The van der Waals surface area contributed by atoms with Gasteiger partial charge in [-0.15, -0.1) is 0 Å². The van der Waals surface area contributed by atoms with Gasteiger partial charge < -0.3 is 48.7 Å². The fourth-order valence-electron chi connectivity index (χ4n) is 3.52. The lowest BCUT2D eigenvalue weighted by atomic mass is 9.99. The number of methoxy groups -OCH3 is 1. The lowest BCUT2D eigenvalue weighted by molar-refractivity contribution is 0.0693. The SMILES string of the molecule is CCC(C)c1ccc(N)cc1.COc1ccc(N)cc1O.Nc1ccc(Br)cc1F.Nc1cccc(C(=O)O)c1O.Nc1cccc(F)c1F. The van der Waals surface area contributed by atoms with Crippen LogP contribution in [0.15, 0.2) is 102 Å². The number of phenolic OH excluding ortho intramolecular Hbond substituents is 1. The fraction of sp³-hybridized carbons (Fsp3) is 0.139. The third kappa shape index (κ3) is 14.6. The number of aromatic carboxylic acids is 1. The minimum absolute atomic E-state index is 0.0718. The van der Waals surface area contributed by atoms with Crippen molar-refractivity contribution >= 4 is 50.3 Å². The molecule has 0 saturated heterocycles. The maximum Gasteiger partial charge on any atom is 0.339 e. The van der Waals surface area contributed by atoms with Crippen molar-refractivity contribution in [1.82, 2.24) is 0 Å². The van der Waals surface area contributed by atoms with Gasteiger partial charge in [0.1, 0.15) is 11.4 Å². The Balaban J connectivity index is 0.000000313. The van der Waals surface area contributed by atoms with Gasteiger partial charge in [-0.25, -0.2) is 18.0 Å². The number of halogens is 4. The van der Waals surface area contributed by atoms with Crippen molar-refractivity contribution in [1.29, 1.82) is 0 Å². The maximum atomic E-state index is 12.4. The summed E-state index contributed by atoms with van der Waals surface area (Å²) < 4.78 is 42.3. The van der Waals surface area contributed by atoms with E-state index in [1.54, 1.807) is 18.2 Å². The highest BCUT2D eigenvalue weighted by Crippen LogP contribution is 2.27. The minimum atomic E-state index is -1.19. The number of carboxylic acid groups (broad SMARTS) is 1. The topological polar surface area (TPSA) is 217 Å². The molecule has 14 heteroatoms. The largest absolute Gasteiger partial charge is 0.505 e. The number of para-hydroxylation sites is 1. The number of carboxylic acids is 1. The van der Waals surface area contributed by atoms with Crippen molar-refractivity contribution < 1.29 is 38.0 Å². The molecule has 0 heterocycles. The smallest absolute Gasteiger partial charge is 0.339 e. The van der Waals surface area contributed by atoms with Crippen LogP contribution in [0.25, 0.3) is 0 Å². The van der Waals surface area contributed by atoms with Crippen LogP contribution >= 0.6 is 15.9 Å². The standard InChI is InChI=1S/C10H15N.C7H7NO3.C7H9NO2.C6H5BrFN.C6H5F2N/c1-3-8(2)9-4-6-10(11)7-5-9;8-5-3-1-2-4(6(5)9)7(10)11;1-10-7-3-2-5(8)4-6(7)9;7-4-1-2-6(9)5(8)3-4;7-4-2-1-3-5(9)6(4)8/h4-8H,3,11H2,1-2H3;1-3,9H,8H2,(H,10,11);2-4,9H,8H2,1H3;2*1-3H,9H2. The summed E-state index contributed by atoms with van der Waals surface area (Å²) in [6, 6.07) is 25.2. The van der Waals surface area contributed by atoms with Crippen molar-refractivity contribution in [3.63, 3.8) is 0 Å². The van der Waals surface area contributed by atoms with Crippen molar-refractivity contribution in [2.24, 2.45) is 0 Å². The fourth-order valence-corrected chi connectivity index (χ4v) is 3.86. The highest BCUT2D eigenvalue weighted by Gasteiger charge is 2.10. The summed E-state index contributed by atoms with van der Waals surface area (Å²) in [5, 5.41) is 26.6. The van der Waals surface area contributed by atoms with E-state index in [-0.39, 0.29) is 39.9 Å². The molecular weight excluding hydrogens is 719 g/mol. The summed E-state index contributed by atoms with van der Waals surface area (Å²) >= 11 is 3.10. The van der Waals surface area contributed by atoms with Crippen molar-refractivity contribution in [3.05, 3.63) is 130 Å². The number of ether oxygens (including phenoxy) is 1. The Bertz CT molecular complexity index is 1790. The van der Waals surface area contributed by atoms with E-state index in [1.807, 2.05) is 12.1 Å². The number of nitrogens with two attached hydrogens (primary N) is 5. The number of phenols is 2. The molecule has 0 radical (unpaired) electrons. The molecule has 0 aromatic heterocycles. The first-order chi connectivity index (χ1) is 23.5. The van der Waals surface area contributed by atoms with Crippen LogP contribution < -0.4 is 33.4 Å². The van der Waals surface area contributed by atoms with Crippen molar-refractivity contribution in [2.75, 3.05) is 35.8 Å². The predicted molar refractivity (Wildman–Crippen MR) is 197 cm³/mol. The van der Waals surface area contributed by atoms with Crippen LogP contribution in [0.2, 0.25) is 0 Å². The highest BCUT2D eigenvalue weighted by atomic mass is 79.9. The lowest BCUT2D eigenvalue weighted by Gasteiger charge is -2.07. The first-order valence-corrected chi connectivity index (χ1v) is 15.5. The van der Waals surface area contributed by atoms with Gasteiger partial charge in [-0.3, -0.25) is 0 Å². The van der Waals surface area contributed by atoms with Gasteiger partial charge in [0.2, 0.25) is 0 Å². The van der Waals surface area contributed by atoms with Crippen LogP contribution in [0, 0.1) is 17.5 Å². The van der Waals surface area contributed by atoms with Crippen LogP contribution in [-0.4, -0.2) is 28.4 Å². The molecule has 5 aromatic carbocycles. The summed E-state index contributed by atoms with van der Waals surface area (Å²) in [5.41, 5.74) is 29.0. The second kappa shape index (κ2) is 21.3. The zero-order valence-corrected chi connectivity index (χ0v) is 29.2. The van der Waals surface area contributed by atoms with Gasteiger partial charge in [0, 0.05) is 21.9 Å². The number of aromatic hydroxyl groups is 2. The molecule has 0 fully saturated rings. The summed E-state index contributed by atoms with van der Waals surface area (Å²) in [7, 11) is 1.49. The van der Waals surface area contributed by atoms with E-state index in [1.165, 1.54) is 67.6 Å². The quantitative estimate of drug-likeness (QED) is 0.0649. The molecule has 0 bridgehead atoms. The zero-order valence-electron chi connectivity index (χ0n) is 27.6. The molecule has 0 aliphatic carbocycles. The summed E-state index contributed by atoms with van der Waals surface area (Å²) in [4.78, 5) is 10.4. The first-order valence-electron chi connectivity index (χ1n) is 14.7. The molecule has 1 unspecified atom stereocenters. The normalized spacial score (nSPS) is 10.2. The molecule has 0 saturated carbocycles. The van der Waals surface area contributed by atoms with Crippen molar-refractivity contribution in [2.45, 2.75) is 26.2 Å². The molecule has 0 amide bonds. The molecule has 13 N–H and O–H groups in total. The average molecular weight is 761 g/mol. The number of anilines is 5. The van der Waals surface area contributed by atoms with Crippen molar-refractivity contribution in [3.8, 4) is 17.2 Å². The number of hydrogen-bond acceptors (Lipinski definition) is 9.